The highest BCUT2D eigenvalue weighted by molar-refractivity contribution is 5.97. The van der Waals surface area contributed by atoms with Crippen LogP contribution in [0.25, 0.3) is 0 Å². The number of allylic oxidation sites excluding steroid dienone is 1. The van der Waals surface area contributed by atoms with Gasteiger partial charge in [0.25, 0.3) is 12.9 Å². The van der Waals surface area contributed by atoms with Gasteiger partial charge in [0.1, 0.15) is 12.2 Å². The van der Waals surface area contributed by atoms with Crippen molar-refractivity contribution in [3.8, 4) is 0 Å². The number of esters is 2. The third kappa shape index (κ3) is 7.07. The van der Waals surface area contributed by atoms with Crippen molar-refractivity contribution >= 4 is 24.9 Å². The maximum Gasteiger partial charge on any atom is 0.321 e. The first-order valence-electron chi connectivity index (χ1n) is 19.8. The summed E-state index contributed by atoms with van der Waals surface area (Å²) < 4.78 is 23.8. The number of benzene rings is 1. The summed E-state index contributed by atoms with van der Waals surface area (Å²) in [7, 11) is 0. The van der Waals surface area contributed by atoms with Crippen molar-refractivity contribution in [2.24, 2.45) is 52.3 Å². The standard InChI is InChI=1S/C43H62O9/c1-7-10-20-49-39(47)38(40(48)50-21-11-8-2)43(30-14-12-29(25-44)13-15-30)19-18-41(5)31(24-43)22-35(51-26-45)37-33-17-16-32(28(4)9-3)42(33,6)36(52-27-46)23-34(37)41/h9,12-15,26-28,31-38,44H,3,7-8,10-11,16-25H2,1-2,4-6H3/t28-,31-,32-,33+,34+,35-,36+,37+,41+,42-,43+/m1/s1. The average molecular weight is 723 g/mol. The maximum absolute atomic E-state index is 14.2. The second-order valence-corrected chi connectivity index (χ2v) is 16.8. The van der Waals surface area contributed by atoms with Crippen LogP contribution in [-0.2, 0) is 50.1 Å². The van der Waals surface area contributed by atoms with Crippen molar-refractivity contribution in [3.05, 3.63) is 48.0 Å². The Labute approximate surface area is 310 Å². The highest BCUT2D eigenvalue weighted by Gasteiger charge is 2.69. The fraction of sp³-hybridized carbons (Fsp3) is 0.721. The Hall–Kier alpha value is -3.20. The molecular formula is C43H62O9. The van der Waals surface area contributed by atoms with Crippen LogP contribution in [0.3, 0.4) is 0 Å². The summed E-state index contributed by atoms with van der Waals surface area (Å²) in [5.41, 5.74) is 0.0642. The lowest BCUT2D eigenvalue weighted by molar-refractivity contribution is -0.218. The van der Waals surface area contributed by atoms with E-state index < -0.39 is 23.3 Å². The van der Waals surface area contributed by atoms with Crippen LogP contribution in [0.15, 0.2) is 36.9 Å². The molecule has 0 unspecified atom stereocenters. The predicted octanol–water partition coefficient (Wildman–Crippen LogP) is 7.50. The van der Waals surface area contributed by atoms with Crippen LogP contribution in [-0.4, -0.2) is 55.4 Å². The third-order valence-electron chi connectivity index (χ3n) is 14.6. The molecule has 0 bridgehead atoms. The monoisotopic (exact) mass is 722 g/mol. The number of hydrogen-bond donors (Lipinski definition) is 1. The van der Waals surface area contributed by atoms with Gasteiger partial charge in [0.2, 0.25) is 0 Å². The Morgan fingerprint density at radius 2 is 1.56 bits per heavy atom. The summed E-state index contributed by atoms with van der Waals surface area (Å²) in [4.78, 5) is 52.8. The number of carbonyl (C=O) groups is 4. The lowest BCUT2D eigenvalue weighted by atomic mass is 9.40. The molecule has 0 heterocycles. The molecule has 11 atom stereocenters. The van der Waals surface area contributed by atoms with Gasteiger partial charge < -0.3 is 24.1 Å². The van der Waals surface area contributed by atoms with Crippen molar-refractivity contribution in [3.63, 3.8) is 0 Å². The van der Waals surface area contributed by atoms with E-state index in [0.717, 1.165) is 36.8 Å². The van der Waals surface area contributed by atoms with Gasteiger partial charge in [-0.15, -0.1) is 6.58 Å². The number of aliphatic hydroxyl groups is 1. The average Bonchev–Trinajstić information content (AvgIpc) is 3.50. The smallest absolute Gasteiger partial charge is 0.321 e. The zero-order valence-electron chi connectivity index (χ0n) is 32.1. The van der Waals surface area contributed by atoms with Gasteiger partial charge in [-0.05, 0) is 104 Å². The maximum atomic E-state index is 14.2. The third-order valence-corrected chi connectivity index (χ3v) is 14.6. The molecule has 1 aromatic carbocycles. The Balaban J connectivity index is 1.60. The molecule has 1 aromatic rings. The van der Waals surface area contributed by atoms with E-state index in [9.17, 15) is 24.3 Å². The molecule has 9 nitrogen and oxygen atoms in total. The van der Waals surface area contributed by atoms with E-state index in [4.69, 9.17) is 18.9 Å². The molecule has 0 spiro atoms. The minimum atomic E-state index is -1.19. The summed E-state index contributed by atoms with van der Waals surface area (Å²) in [6, 6.07) is 7.58. The van der Waals surface area contributed by atoms with Gasteiger partial charge in [0.05, 0.1) is 19.8 Å². The van der Waals surface area contributed by atoms with E-state index in [1.807, 2.05) is 44.2 Å². The van der Waals surface area contributed by atoms with Gasteiger partial charge in [-0.1, -0.05) is 77.8 Å². The zero-order chi connectivity index (χ0) is 37.7. The molecule has 4 aliphatic carbocycles. The molecule has 0 aliphatic heterocycles. The largest absolute Gasteiger partial charge is 0.465 e. The topological polar surface area (TPSA) is 125 Å². The van der Waals surface area contributed by atoms with Crippen LogP contribution in [0.2, 0.25) is 0 Å². The fourth-order valence-corrected chi connectivity index (χ4v) is 11.7. The van der Waals surface area contributed by atoms with Gasteiger partial charge in [-0.2, -0.15) is 0 Å². The fourth-order valence-electron chi connectivity index (χ4n) is 11.7. The van der Waals surface area contributed by atoms with Gasteiger partial charge in [0.15, 0.2) is 5.92 Å². The predicted molar refractivity (Wildman–Crippen MR) is 196 cm³/mol. The van der Waals surface area contributed by atoms with Crippen molar-refractivity contribution < 1.29 is 43.2 Å². The van der Waals surface area contributed by atoms with Crippen molar-refractivity contribution in [1.29, 1.82) is 0 Å². The quantitative estimate of drug-likeness (QED) is 0.0435. The molecule has 288 valence electrons. The molecule has 1 N–H and O–H groups in total. The second kappa shape index (κ2) is 16.9. The van der Waals surface area contributed by atoms with E-state index in [2.05, 4.69) is 27.4 Å². The molecular weight excluding hydrogens is 660 g/mol. The Morgan fingerprint density at radius 3 is 2.12 bits per heavy atom. The van der Waals surface area contributed by atoms with Crippen LogP contribution in [0.1, 0.15) is 116 Å². The lowest BCUT2D eigenvalue weighted by Crippen LogP contribution is -2.64. The number of unbranched alkanes of at least 4 members (excludes halogenated alkanes) is 2. The number of ether oxygens (including phenoxy) is 4. The molecule has 0 saturated heterocycles. The Bertz CT molecular complexity index is 1390. The summed E-state index contributed by atoms with van der Waals surface area (Å²) in [5, 5.41) is 9.88. The highest BCUT2D eigenvalue weighted by atomic mass is 16.6. The SMILES string of the molecule is C=C[C@@H](C)[C@H]1CC[C@H]2[C@@H]3[C@H](OC=O)C[C@@H]4C[C@@](c5ccc(CO)cc5)(C(C(=O)OCCCC)C(=O)OCCCC)CC[C@]4(C)[C@H]3C[C@H](OC=O)[C@]12C. The number of hydrogen-bond acceptors (Lipinski definition) is 9. The van der Waals surface area contributed by atoms with Crippen molar-refractivity contribution in [2.45, 2.75) is 129 Å². The molecule has 5 rings (SSSR count). The minimum Gasteiger partial charge on any atom is -0.465 e. The van der Waals surface area contributed by atoms with Crippen LogP contribution in [0, 0.1) is 52.3 Å². The molecule has 0 amide bonds. The summed E-state index contributed by atoms with van der Waals surface area (Å²) in [6.07, 6.45) is 9.32. The Kier molecular flexibility index (Phi) is 13.0. The number of fused-ring (bicyclic) bond motifs is 5. The molecule has 0 radical (unpaired) electrons. The Morgan fingerprint density at radius 1 is 0.923 bits per heavy atom. The minimum absolute atomic E-state index is 0.0371. The van der Waals surface area contributed by atoms with E-state index in [0.29, 0.717) is 57.9 Å². The van der Waals surface area contributed by atoms with Gasteiger partial charge in [0, 0.05) is 16.7 Å². The first kappa shape index (κ1) is 40.0. The molecule has 4 fully saturated rings. The first-order chi connectivity index (χ1) is 25.0. The van der Waals surface area contributed by atoms with E-state index >= 15 is 0 Å². The number of aliphatic hydroxyl groups excluding tert-OH is 1. The number of rotatable bonds is 17. The highest BCUT2D eigenvalue weighted by Crippen LogP contribution is 2.70. The molecule has 52 heavy (non-hydrogen) atoms. The van der Waals surface area contributed by atoms with Crippen molar-refractivity contribution in [2.75, 3.05) is 13.2 Å². The molecule has 4 aliphatic rings. The normalized spacial score (nSPS) is 35.6. The summed E-state index contributed by atoms with van der Waals surface area (Å²) >= 11 is 0. The molecule has 9 heteroatoms. The van der Waals surface area contributed by atoms with E-state index in [1.54, 1.807) is 0 Å². The second-order valence-electron chi connectivity index (χ2n) is 16.8. The zero-order valence-corrected chi connectivity index (χ0v) is 32.1. The van der Waals surface area contributed by atoms with Crippen molar-refractivity contribution in [1.82, 2.24) is 0 Å². The number of carbonyl (C=O) groups excluding carboxylic acids is 4. The van der Waals surface area contributed by atoms with Gasteiger partial charge >= 0.3 is 11.9 Å². The first-order valence-corrected chi connectivity index (χ1v) is 19.8. The van der Waals surface area contributed by atoms with Crippen LogP contribution in [0.4, 0.5) is 0 Å². The van der Waals surface area contributed by atoms with E-state index in [1.165, 1.54) is 0 Å². The van der Waals surface area contributed by atoms with Gasteiger partial charge in [-0.25, -0.2) is 0 Å². The van der Waals surface area contributed by atoms with Crippen LogP contribution in [0.5, 0.6) is 0 Å². The lowest BCUT2D eigenvalue weighted by Gasteiger charge is -2.65. The van der Waals surface area contributed by atoms with Gasteiger partial charge in [-0.3, -0.25) is 19.2 Å². The van der Waals surface area contributed by atoms with E-state index in [-0.39, 0.29) is 78.4 Å². The molecule has 4 saturated carbocycles. The van der Waals surface area contributed by atoms with Crippen LogP contribution < -0.4 is 0 Å². The van der Waals surface area contributed by atoms with Crippen LogP contribution >= 0.6 is 0 Å². The summed E-state index contributed by atoms with van der Waals surface area (Å²) in [6.45, 7) is 16.4. The summed E-state index contributed by atoms with van der Waals surface area (Å²) in [5.74, 6) is -1.51. The molecule has 0 aromatic heterocycles.